The summed E-state index contributed by atoms with van der Waals surface area (Å²) in [5.74, 6) is 0.858. The van der Waals surface area contributed by atoms with Crippen molar-refractivity contribution in [1.82, 2.24) is 0 Å². The second kappa shape index (κ2) is 5.50. The van der Waals surface area contributed by atoms with Crippen LogP contribution < -0.4 is 5.73 Å². The Morgan fingerprint density at radius 1 is 1.31 bits per heavy atom. The van der Waals surface area contributed by atoms with Gasteiger partial charge in [0.25, 0.3) is 0 Å². The first-order valence-electron chi connectivity index (χ1n) is 6.94. The van der Waals surface area contributed by atoms with E-state index in [-0.39, 0.29) is 5.41 Å². The highest BCUT2D eigenvalue weighted by Crippen LogP contribution is 2.48. The van der Waals surface area contributed by atoms with E-state index < -0.39 is 5.60 Å². The van der Waals surface area contributed by atoms with Gasteiger partial charge in [0.15, 0.2) is 0 Å². The van der Waals surface area contributed by atoms with E-state index in [1.165, 1.54) is 19.3 Å². The van der Waals surface area contributed by atoms with Gasteiger partial charge < -0.3 is 10.8 Å². The van der Waals surface area contributed by atoms with Crippen LogP contribution in [0.25, 0.3) is 0 Å². The molecule has 1 saturated carbocycles. The average molecular weight is 227 g/mol. The Kier molecular flexibility index (Phi) is 4.81. The molecule has 0 aliphatic heterocycles. The van der Waals surface area contributed by atoms with E-state index in [0.29, 0.717) is 6.54 Å². The number of hydrogen-bond donors (Lipinski definition) is 2. The third-order valence-corrected chi connectivity index (χ3v) is 4.91. The van der Waals surface area contributed by atoms with E-state index in [9.17, 15) is 5.11 Å². The lowest BCUT2D eigenvalue weighted by Gasteiger charge is -2.49. The van der Waals surface area contributed by atoms with E-state index in [1.54, 1.807) is 0 Å². The van der Waals surface area contributed by atoms with Crippen LogP contribution in [0.3, 0.4) is 0 Å². The van der Waals surface area contributed by atoms with E-state index in [4.69, 9.17) is 5.73 Å². The van der Waals surface area contributed by atoms with Gasteiger partial charge in [-0.15, -0.1) is 0 Å². The third kappa shape index (κ3) is 2.60. The van der Waals surface area contributed by atoms with Crippen LogP contribution in [0.1, 0.15) is 65.7 Å². The molecule has 3 N–H and O–H groups in total. The molecule has 0 aromatic heterocycles. The summed E-state index contributed by atoms with van der Waals surface area (Å²) in [4.78, 5) is 0. The highest BCUT2D eigenvalue weighted by atomic mass is 16.3. The second-order valence-electron chi connectivity index (χ2n) is 5.86. The predicted octanol–water partition coefficient (Wildman–Crippen LogP) is 3.08. The van der Waals surface area contributed by atoms with Crippen molar-refractivity contribution in [1.29, 1.82) is 0 Å². The summed E-state index contributed by atoms with van der Waals surface area (Å²) in [5.41, 5.74) is 5.39. The maximum absolute atomic E-state index is 10.7. The predicted molar refractivity (Wildman–Crippen MR) is 69.3 cm³/mol. The standard InChI is InChI=1S/C14H29NO/c1-4-8-13(3,16)14(11-15)9-6-12(5-2)7-10-14/h12,16H,4-11,15H2,1-3H3. The van der Waals surface area contributed by atoms with E-state index in [0.717, 1.165) is 31.6 Å². The van der Waals surface area contributed by atoms with Crippen LogP contribution in [0.4, 0.5) is 0 Å². The monoisotopic (exact) mass is 227 g/mol. The third-order valence-electron chi connectivity index (χ3n) is 4.91. The normalized spacial score (nSPS) is 34.7. The molecule has 1 aliphatic rings. The fourth-order valence-electron chi connectivity index (χ4n) is 3.35. The van der Waals surface area contributed by atoms with Crippen molar-refractivity contribution in [3.05, 3.63) is 0 Å². The number of rotatable bonds is 5. The Morgan fingerprint density at radius 2 is 1.88 bits per heavy atom. The number of nitrogens with two attached hydrogens (primary N) is 1. The van der Waals surface area contributed by atoms with Crippen molar-refractivity contribution in [3.8, 4) is 0 Å². The highest BCUT2D eigenvalue weighted by molar-refractivity contribution is 4.99. The van der Waals surface area contributed by atoms with Gasteiger partial charge in [-0.1, -0.05) is 26.7 Å². The topological polar surface area (TPSA) is 46.2 Å². The first-order chi connectivity index (χ1) is 7.51. The summed E-state index contributed by atoms with van der Waals surface area (Å²) in [6.07, 6.45) is 7.88. The van der Waals surface area contributed by atoms with Gasteiger partial charge in [-0.05, 0) is 44.9 Å². The van der Waals surface area contributed by atoms with E-state index >= 15 is 0 Å². The Labute approximate surface area is 101 Å². The van der Waals surface area contributed by atoms with Gasteiger partial charge in [0.1, 0.15) is 0 Å². The molecule has 0 spiro atoms. The van der Waals surface area contributed by atoms with Crippen molar-refractivity contribution in [2.75, 3.05) is 6.54 Å². The lowest BCUT2D eigenvalue weighted by molar-refractivity contribution is -0.0973. The highest BCUT2D eigenvalue weighted by Gasteiger charge is 2.46. The first-order valence-corrected chi connectivity index (χ1v) is 6.94. The van der Waals surface area contributed by atoms with Gasteiger partial charge in [-0.2, -0.15) is 0 Å². The molecule has 0 heterocycles. The van der Waals surface area contributed by atoms with Crippen molar-refractivity contribution >= 4 is 0 Å². The van der Waals surface area contributed by atoms with Gasteiger partial charge >= 0.3 is 0 Å². The van der Waals surface area contributed by atoms with Crippen LogP contribution in [0.2, 0.25) is 0 Å². The molecule has 0 radical (unpaired) electrons. The molecule has 1 unspecified atom stereocenters. The first kappa shape index (κ1) is 14.0. The van der Waals surface area contributed by atoms with Gasteiger partial charge in [-0.25, -0.2) is 0 Å². The van der Waals surface area contributed by atoms with Crippen molar-refractivity contribution in [3.63, 3.8) is 0 Å². The van der Waals surface area contributed by atoms with Crippen LogP contribution >= 0.6 is 0 Å². The van der Waals surface area contributed by atoms with Crippen LogP contribution in [0.5, 0.6) is 0 Å². The van der Waals surface area contributed by atoms with Crippen LogP contribution in [0.15, 0.2) is 0 Å². The maximum atomic E-state index is 10.7. The summed E-state index contributed by atoms with van der Waals surface area (Å²) in [5, 5.41) is 10.7. The molecular weight excluding hydrogens is 198 g/mol. The molecule has 0 aromatic rings. The zero-order valence-corrected chi connectivity index (χ0v) is 11.3. The molecule has 1 aliphatic carbocycles. The van der Waals surface area contributed by atoms with Crippen molar-refractivity contribution in [2.24, 2.45) is 17.1 Å². The maximum Gasteiger partial charge on any atom is 0.0687 e. The summed E-state index contributed by atoms with van der Waals surface area (Å²) in [6.45, 7) is 7.03. The SMILES string of the molecule is CCCC(C)(O)C1(CN)CCC(CC)CC1. The average Bonchev–Trinajstić information content (AvgIpc) is 2.29. The molecule has 1 fully saturated rings. The quantitative estimate of drug-likeness (QED) is 0.758. The minimum Gasteiger partial charge on any atom is -0.390 e. The van der Waals surface area contributed by atoms with Crippen LogP contribution in [0, 0.1) is 11.3 Å². The van der Waals surface area contributed by atoms with Gasteiger partial charge in [-0.3, -0.25) is 0 Å². The van der Waals surface area contributed by atoms with Crippen LogP contribution in [-0.2, 0) is 0 Å². The Hall–Kier alpha value is -0.0800. The molecule has 0 saturated heterocycles. The summed E-state index contributed by atoms with van der Waals surface area (Å²) < 4.78 is 0. The smallest absolute Gasteiger partial charge is 0.0687 e. The molecule has 0 bridgehead atoms. The molecule has 2 nitrogen and oxygen atoms in total. The summed E-state index contributed by atoms with van der Waals surface area (Å²) >= 11 is 0. The molecule has 2 heteroatoms. The minimum atomic E-state index is -0.574. The Morgan fingerprint density at radius 3 is 2.25 bits per heavy atom. The summed E-state index contributed by atoms with van der Waals surface area (Å²) in [7, 11) is 0. The fourth-order valence-corrected chi connectivity index (χ4v) is 3.35. The van der Waals surface area contributed by atoms with Gasteiger partial charge in [0.05, 0.1) is 5.60 Å². The Bertz CT molecular complexity index is 205. The van der Waals surface area contributed by atoms with Gasteiger partial charge in [0, 0.05) is 12.0 Å². The number of aliphatic hydroxyl groups is 1. The number of hydrogen-bond acceptors (Lipinski definition) is 2. The lowest BCUT2D eigenvalue weighted by atomic mass is 9.60. The van der Waals surface area contributed by atoms with Gasteiger partial charge in [0.2, 0.25) is 0 Å². The molecule has 1 atom stereocenters. The minimum absolute atomic E-state index is 0.0192. The zero-order valence-electron chi connectivity index (χ0n) is 11.3. The largest absolute Gasteiger partial charge is 0.390 e. The molecule has 16 heavy (non-hydrogen) atoms. The van der Waals surface area contributed by atoms with Crippen LogP contribution in [-0.4, -0.2) is 17.3 Å². The van der Waals surface area contributed by atoms with E-state index in [1.807, 2.05) is 6.92 Å². The second-order valence-corrected chi connectivity index (χ2v) is 5.86. The fraction of sp³-hybridized carbons (Fsp3) is 1.00. The molecule has 0 amide bonds. The van der Waals surface area contributed by atoms with Crippen molar-refractivity contribution in [2.45, 2.75) is 71.3 Å². The zero-order chi connectivity index (χ0) is 12.2. The molecule has 96 valence electrons. The molecular formula is C14H29NO. The lowest BCUT2D eigenvalue weighted by Crippen LogP contribution is -2.52. The summed E-state index contributed by atoms with van der Waals surface area (Å²) in [6, 6.07) is 0. The Balaban J connectivity index is 2.72. The van der Waals surface area contributed by atoms with E-state index in [2.05, 4.69) is 13.8 Å². The van der Waals surface area contributed by atoms with Crippen molar-refractivity contribution < 1.29 is 5.11 Å². The molecule has 1 rings (SSSR count). The molecule has 0 aromatic carbocycles.